The number of aliphatic hydroxyl groups excluding tert-OH is 1. The summed E-state index contributed by atoms with van der Waals surface area (Å²) in [5.74, 6) is 0.105. The summed E-state index contributed by atoms with van der Waals surface area (Å²) >= 11 is 0. The van der Waals surface area contributed by atoms with Crippen molar-refractivity contribution in [3.05, 3.63) is 0 Å². The van der Waals surface area contributed by atoms with E-state index in [2.05, 4.69) is 48.5 Å². The van der Waals surface area contributed by atoms with Crippen LogP contribution in [-0.2, 0) is 65.4 Å². The van der Waals surface area contributed by atoms with Crippen molar-refractivity contribution in [2.24, 2.45) is 17.8 Å². The number of unbranched alkanes of at least 4 members (excludes halogenated alkanes) is 44. The van der Waals surface area contributed by atoms with Crippen LogP contribution >= 0.6 is 15.6 Å². The predicted molar refractivity (Wildman–Crippen MR) is 395 cm³/mol. The number of rotatable bonds is 76. The zero-order chi connectivity index (χ0) is 71.6. The molecule has 0 spiro atoms. The van der Waals surface area contributed by atoms with Crippen LogP contribution in [0, 0.1) is 17.8 Å². The van der Waals surface area contributed by atoms with Crippen molar-refractivity contribution in [1.29, 1.82) is 0 Å². The molecule has 0 aromatic carbocycles. The molecular formula is C78H152O17P2. The van der Waals surface area contributed by atoms with E-state index in [-0.39, 0.29) is 25.7 Å². The van der Waals surface area contributed by atoms with Crippen LogP contribution < -0.4 is 0 Å². The van der Waals surface area contributed by atoms with E-state index in [9.17, 15) is 43.2 Å². The molecule has 5 atom stereocenters. The lowest BCUT2D eigenvalue weighted by Crippen LogP contribution is -2.30. The lowest BCUT2D eigenvalue weighted by Gasteiger charge is -2.21. The zero-order valence-corrected chi connectivity index (χ0v) is 65.3. The maximum Gasteiger partial charge on any atom is 0.472 e. The predicted octanol–water partition coefficient (Wildman–Crippen LogP) is 23.0. The minimum absolute atomic E-state index is 0.105. The summed E-state index contributed by atoms with van der Waals surface area (Å²) in [5, 5.41) is 10.6. The molecule has 0 aromatic rings. The lowest BCUT2D eigenvalue weighted by molar-refractivity contribution is -0.161. The molecule has 0 fully saturated rings. The summed E-state index contributed by atoms with van der Waals surface area (Å²) in [6.45, 7) is 11.8. The molecular weight excluding hydrogens is 1270 g/mol. The molecule has 0 aliphatic heterocycles. The van der Waals surface area contributed by atoms with Gasteiger partial charge in [-0.15, -0.1) is 0 Å². The first-order valence-corrected chi connectivity index (χ1v) is 43.3. The van der Waals surface area contributed by atoms with Crippen LogP contribution in [0.1, 0.15) is 402 Å². The molecule has 3 N–H and O–H groups in total. The molecule has 0 radical (unpaired) electrons. The highest BCUT2D eigenvalue weighted by Gasteiger charge is 2.30. The van der Waals surface area contributed by atoms with Crippen LogP contribution in [0.25, 0.3) is 0 Å². The Labute approximate surface area is 594 Å². The van der Waals surface area contributed by atoms with Gasteiger partial charge in [-0.05, 0) is 43.4 Å². The number of hydrogen-bond donors (Lipinski definition) is 3. The van der Waals surface area contributed by atoms with Gasteiger partial charge >= 0.3 is 39.5 Å². The standard InChI is InChI=1S/C78H152O17P2/c1-8-9-10-11-12-13-14-15-16-17-18-19-20-23-27-33-38-47-54-61-77(82)94-73(65-88-75(80)59-52-45-37-32-26-24-21-22-25-30-35-42-49-56-69(2)3)67-92-96(84,85)90-63-72(79)64-91-97(86,87)93-68-74(66-89-76(81)60-53-46-41-40-44-51-58-71(6)7)95-78(83)62-55-48-39-34-29-28-31-36-43-50-57-70(4)5/h69-74,79H,8-68H2,1-7H3,(H,84,85)(H,86,87)/t72-,73-,74-/m1/s1. The quantitative estimate of drug-likeness (QED) is 0.0222. The highest BCUT2D eigenvalue weighted by atomic mass is 31.2. The van der Waals surface area contributed by atoms with Crippen LogP contribution in [0.4, 0.5) is 0 Å². The van der Waals surface area contributed by atoms with Crippen molar-refractivity contribution < 1.29 is 80.2 Å². The first-order valence-electron chi connectivity index (χ1n) is 40.3. The van der Waals surface area contributed by atoms with Gasteiger partial charge in [-0.25, -0.2) is 9.13 Å². The third-order valence-corrected chi connectivity index (χ3v) is 20.0. The summed E-state index contributed by atoms with van der Waals surface area (Å²) < 4.78 is 68.6. The number of esters is 4. The summed E-state index contributed by atoms with van der Waals surface area (Å²) in [5.41, 5.74) is 0. The molecule has 0 rings (SSSR count). The molecule has 0 saturated carbocycles. The van der Waals surface area contributed by atoms with Gasteiger partial charge in [-0.3, -0.25) is 37.3 Å². The number of carbonyl (C=O) groups is 4. The number of aliphatic hydroxyl groups is 1. The Morgan fingerprint density at radius 2 is 0.474 bits per heavy atom. The molecule has 0 aromatic heterocycles. The monoisotopic (exact) mass is 1420 g/mol. The Bertz CT molecular complexity index is 1890. The Balaban J connectivity index is 5.23. The molecule has 0 heterocycles. The molecule has 0 aliphatic rings. The van der Waals surface area contributed by atoms with Crippen LogP contribution in [0.3, 0.4) is 0 Å². The van der Waals surface area contributed by atoms with Crippen LogP contribution in [0.2, 0.25) is 0 Å². The fourth-order valence-electron chi connectivity index (χ4n) is 12.0. The number of carbonyl (C=O) groups excluding carboxylic acids is 4. The number of hydrogen-bond acceptors (Lipinski definition) is 15. The first-order chi connectivity index (χ1) is 46.7. The zero-order valence-electron chi connectivity index (χ0n) is 63.5. The van der Waals surface area contributed by atoms with Gasteiger partial charge in [-0.1, -0.05) is 350 Å². The minimum Gasteiger partial charge on any atom is -0.462 e. The van der Waals surface area contributed by atoms with E-state index in [1.807, 2.05) is 0 Å². The second kappa shape index (κ2) is 68.5. The van der Waals surface area contributed by atoms with Gasteiger partial charge in [0.1, 0.15) is 19.3 Å². The number of phosphoric acid groups is 2. The third-order valence-electron chi connectivity index (χ3n) is 18.1. The Hall–Kier alpha value is -1.94. The minimum atomic E-state index is -4.96. The number of ether oxygens (including phenoxy) is 4. The van der Waals surface area contributed by atoms with Gasteiger partial charge in [0.2, 0.25) is 0 Å². The van der Waals surface area contributed by atoms with E-state index in [1.165, 1.54) is 205 Å². The van der Waals surface area contributed by atoms with Gasteiger partial charge in [-0.2, -0.15) is 0 Å². The van der Waals surface area contributed by atoms with E-state index >= 15 is 0 Å². The normalized spacial score (nSPS) is 14.0. The first kappa shape index (κ1) is 95.1. The van der Waals surface area contributed by atoms with Crippen molar-refractivity contribution in [3.8, 4) is 0 Å². The van der Waals surface area contributed by atoms with Gasteiger partial charge in [0.15, 0.2) is 12.2 Å². The second-order valence-corrected chi connectivity index (χ2v) is 32.4. The van der Waals surface area contributed by atoms with Gasteiger partial charge in [0.25, 0.3) is 0 Å². The number of phosphoric ester groups is 2. The van der Waals surface area contributed by atoms with Crippen molar-refractivity contribution in [2.45, 2.75) is 420 Å². The molecule has 0 amide bonds. The van der Waals surface area contributed by atoms with E-state index in [4.69, 9.17) is 37.0 Å². The maximum atomic E-state index is 13.1. The summed E-state index contributed by atoms with van der Waals surface area (Å²) in [4.78, 5) is 72.9. The van der Waals surface area contributed by atoms with E-state index < -0.39 is 97.5 Å². The fourth-order valence-corrected chi connectivity index (χ4v) is 13.5. The fraction of sp³-hybridized carbons (Fsp3) is 0.949. The van der Waals surface area contributed by atoms with Crippen molar-refractivity contribution in [3.63, 3.8) is 0 Å². The summed E-state index contributed by atoms with van der Waals surface area (Å²) in [6.07, 6.45) is 55.7. The Morgan fingerprint density at radius 1 is 0.278 bits per heavy atom. The SMILES string of the molecule is CCCCCCCCCCCCCCCCCCCCCC(=O)O[C@H](COC(=O)CCCCCCCCCCCCCCCC(C)C)COP(=O)(O)OC[C@@H](O)COP(=O)(O)OC[C@@H](COC(=O)CCCCCCCCC(C)C)OC(=O)CCCCCCCCCCCCC(C)C. The topological polar surface area (TPSA) is 237 Å². The molecule has 0 aliphatic carbocycles. The maximum absolute atomic E-state index is 13.1. The van der Waals surface area contributed by atoms with Crippen molar-refractivity contribution in [2.75, 3.05) is 39.6 Å². The third kappa shape index (κ3) is 72.2. The van der Waals surface area contributed by atoms with Gasteiger partial charge < -0.3 is 33.8 Å². The van der Waals surface area contributed by atoms with Crippen LogP contribution in [0.5, 0.6) is 0 Å². The van der Waals surface area contributed by atoms with E-state index in [1.54, 1.807) is 0 Å². The molecule has 576 valence electrons. The Morgan fingerprint density at radius 3 is 0.701 bits per heavy atom. The summed E-state index contributed by atoms with van der Waals surface area (Å²) in [7, 11) is -9.91. The molecule has 2 unspecified atom stereocenters. The largest absolute Gasteiger partial charge is 0.472 e. The van der Waals surface area contributed by atoms with Gasteiger partial charge in [0.05, 0.1) is 26.4 Å². The average molecular weight is 1420 g/mol. The molecule has 97 heavy (non-hydrogen) atoms. The average Bonchev–Trinajstić information content (AvgIpc) is 2.31. The van der Waals surface area contributed by atoms with E-state index in [0.717, 1.165) is 108 Å². The van der Waals surface area contributed by atoms with Crippen molar-refractivity contribution >= 4 is 39.5 Å². The molecule has 0 saturated heterocycles. The lowest BCUT2D eigenvalue weighted by atomic mass is 10.0. The van der Waals surface area contributed by atoms with E-state index in [0.29, 0.717) is 31.6 Å². The highest BCUT2D eigenvalue weighted by Crippen LogP contribution is 2.45. The van der Waals surface area contributed by atoms with Crippen molar-refractivity contribution in [1.82, 2.24) is 0 Å². The van der Waals surface area contributed by atoms with Gasteiger partial charge in [0, 0.05) is 25.7 Å². The Kier molecular flexibility index (Phi) is 67.1. The van der Waals surface area contributed by atoms with Crippen LogP contribution in [-0.4, -0.2) is 96.7 Å². The summed E-state index contributed by atoms with van der Waals surface area (Å²) in [6, 6.07) is 0. The van der Waals surface area contributed by atoms with Crippen LogP contribution in [0.15, 0.2) is 0 Å². The molecule has 0 bridgehead atoms. The molecule has 19 heteroatoms. The molecule has 17 nitrogen and oxygen atoms in total. The second-order valence-electron chi connectivity index (χ2n) is 29.5. The highest BCUT2D eigenvalue weighted by molar-refractivity contribution is 7.47. The smallest absolute Gasteiger partial charge is 0.462 e.